The number of hydrogen-bond acceptors (Lipinski definition) is 5. The van der Waals surface area contributed by atoms with Gasteiger partial charge in [0.1, 0.15) is 5.69 Å². The molecule has 8 heteroatoms. The van der Waals surface area contributed by atoms with Crippen molar-refractivity contribution in [3.05, 3.63) is 40.4 Å². The number of carboxylic acids is 1. The number of aromatic carboxylic acids is 1. The number of hydrogen-bond donors (Lipinski definition) is 1. The van der Waals surface area contributed by atoms with Crippen molar-refractivity contribution in [2.45, 2.75) is 0 Å². The van der Waals surface area contributed by atoms with Crippen molar-refractivity contribution in [2.24, 2.45) is 0 Å². The molecule has 21 heavy (non-hydrogen) atoms. The van der Waals surface area contributed by atoms with Crippen molar-refractivity contribution in [1.82, 2.24) is 9.97 Å². The van der Waals surface area contributed by atoms with Gasteiger partial charge in [-0.1, -0.05) is 11.6 Å². The first-order valence-corrected chi connectivity index (χ1v) is 5.95. The van der Waals surface area contributed by atoms with Crippen LogP contribution >= 0.6 is 11.6 Å². The first-order chi connectivity index (χ1) is 9.97. The molecule has 1 aromatic carbocycles. The third kappa shape index (κ3) is 2.82. The maximum Gasteiger partial charge on any atom is 0.354 e. The molecule has 0 fully saturated rings. The molecule has 0 saturated heterocycles. The maximum atomic E-state index is 14.3. The molecule has 1 heterocycles. The van der Waals surface area contributed by atoms with Crippen LogP contribution in [-0.4, -0.2) is 34.4 Å². The zero-order chi connectivity index (χ0) is 15.6. The predicted molar refractivity (Wildman–Crippen MR) is 71.3 cm³/mol. The molecule has 0 saturated carbocycles. The molecule has 1 N–H and O–H groups in total. The van der Waals surface area contributed by atoms with Gasteiger partial charge in [-0.25, -0.2) is 19.2 Å². The zero-order valence-corrected chi connectivity index (χ0v) is 11.4. The topological polar surface area (TPSA) is 89.4 Å². The minimum absolute atomic E-state index is 0.0451. The number of benzene rings is 1. The van der Waals surface area contributed by atoms with Crippen LogP contribution in [0.3, 0.4) is 0 Å². The fraction of sp³-hybridized carbons (Fsp3) is 0.0769. The monoisotopic (exact) mass is 310 g/mol. The highest BCUT2D eigenvalue weighted by Crippen LogP contribution is 2.33. The summed E-state index contributed by atoms with van der Waals surface area (Å²) < 4.78 is 19.1. The number of nitrogens with zero attached hydrogens (tertiary/aromatic N) is 2. The molecule has 0 radical (unpaired) electrons. The van der Waals surface area contributed by atoms with E-state index < -0.39 is 17.5 Å². The number of rotatable bonds is 4. The van der Waals surface area contributed by atoms with Gasteiger partial charge in [0.15, 0.2) is 29.4 Å². The minimum Gasteiger partial charge on any atom is -0.492 e. The van der Waals surface area contributed by atoms with E-state index in [1.54, 1.807) is 0 Å². The summed E-state index contributed by atoms with van der Waals surface area (Å²) in [6.45, 7) is 0. The highest BCUT2D eigenvalue weighted by atomic mass is 35.5. The van der Waals surface area contributed by atoms with Crippen LogP contribution in [-0.2, 0) is 0 Å². The molecule has 108 valence electrons. The number of aromatic nitrogens is 2. The summed E-state index contributed by atoms with van der Waals surface area (Å²) in [6, 6.07) is 3.62. The number of ether oxygens (including phenoxy) is 1. The molecule has 0 amide bonds. The normalized spacial score (nSPS) is 10.2. The van der Waals surface area contributed by atoms with Crippen LogP contribution in [0.1, 0.15) is 21.0 Å². The summed E-state index contributed by atoms with van der Waals surface area (Å²) >= 11 is 5.77. The summed E-state index contributed by atoms with van der Waals surface area (Å²) in [6.07, 6.45) is 0.350. The summed E-state index contributed by atoms with van der Waals surface area (Å²) in [4.78, 5) is 29.3. The number of halogens is 2. The molecule has 0 unspecified atom stereocenters. The molecule has 6 nitrogen and oxygen atoms in total. The van der Waals surface area contributed by atoms with Gasteiger partial charge in [-0.2, -0.15) is 0 Å². The maximum absolute atomic E-state index is 14.3. The van der Waals surface area contributed by atoms with Crippen molar-refractivity contribution < 1.29 is 23.8 Å². The van der Waals surface area contributed by atoms with Crippen LogP contribution in [0.5, 0.6) is 5.75 Å². The van der Waals surface area contributed by atoms with Crippen molar-refractivity contribution in [3.8, 4) is 17.1 Å². The lowest BCUT2D eigenvalue weighted by Gasteiger charge is -2.09. The smallest absolute Gasteiger partial charge is 0.354 e. The van der Waals surface area contributed by atoms with Crippen molar-refractivity contribution in [3.63, 3.8) is 0 Å². The summed E-state index contributed by atoms with van der Waals surface area (Å²) in [5, 5.41) is 8.99. The molecular formula is C13H8ClFN2O4. The second-order valence-corrected chi connectivity index (χ2v) is 4.27. The second-order valence-electron chi connectivity index (χ2n) is 3.87. The molecule has 0 atom stereocenters. The van der Waals surface area contributed by atoms with Gasteiger partial charge < -0.3 is 9.84 Å². The van der Waals surface area contributed by atoms with Gasteiger partial charge in [0.05, 0.1) is 17.7 Å². The van der Waals surface area contributed by atoms with E-state index in [9.17, 15) is 14.0 Å². The fourth-order valence-electron chi connectivity index (χ4n) is 1.65. The minimum atomic E-state index is -1.36. The van der Waals surface area contributed by atoms with Crippen molar-refractivity contribution in [2.75, 3.05) is 7.11 Å². The average molecular weight is 311 g/mol. The molecule has 2 aromatic rings. The van der Waals surface area contributed by atoms with Gasteiger partial charge in [0, 0.05) is 6.07 Å². The fourth-order valence-corrected chi connectivity index (χ4v) is 1.87. The largest absolute Gasteiger partial charge is 0.492 e. The van der Waals surface area contributed by atoms with E-state index in [4.69, 9.17) is 21.4 Å². The third-order valence-electron chi connectivity index (χ3n) is 2.58. The lowest BCUT2D eigenvalue weighted by molar-refractivity contribution is 0.0690. The molecule has 1 aromatic heterocycles. The van der Waals surface area contributed by atoms with Crippen LogP contribution in [0.25, 0.3) is 11.4 Å². The Labute approximate surface area is 123 Å². The molecule has 0 aliphatic rings. The van der Waals surface area contributed by atoms with E-state index in [0.29, 0.717) is 6.29 Å². The van der Waals surface area contributed by atoms with Crippen LogP contribution in [0, 0.1) is 5.82 Å². The SMILES string of the molecule is COc1c(Cl)ccc(-c2nc(C=O)cc(C(=O)O)n2)c1F. The lowest BCUT2D eigenvalue weighted by Crippen LogP contribution is -2.06. The van der Waals surface area contributed by atoms with E-state index in [1.165, 1.54) is 19.2 Å². The Kier molecular flexibility index (Phi) is 4.13. The average Bonchev–Trinajstić information content (AvgIpc) is 2.47. The van der Waals surface area contributed by atoms with E-state index in [-0.39, 0.29) is 27.9 Å². The molecular weight excluding hydrogens is 303 g/mol. The van der Waals surface area contributed by atoms with Gasteiger partial charge >= 0.3 is 5.97 Å². The van der Waals surface area contributed by atoms with Gasteiger partial charge in [-0.3, -0.25) is 4.79 Å². The Morgan fingerprint density at radius 3 is 2.71 bits per heavy atom. The number of carbonyl (C=O) groups is 2. The number of carbonyl (C=O) groups excluding carboxylic acids is 1. The van der Waals surface area contributed by atoms with Gasteiger partial charge in [0.2, 0.25) is 0 Å². The third-order valence-corrected chi connectivity index (χ3v) is 2.88. The highest BCUT2D eigenvalue weighted by molar-refractivity contribution is 6.32. The zero-order valence-electron chi connectivity index (χ0n) is 10.6. The van der Waals surface area contributed by atoms with Crippen LogP contribution in [0.15, 0.2) is 18.2 Å². The summed E-state index contributed by atoms with van der Waals surface area (Å²) in [5.74, 6) is -2.66. The number of aldehydes is 1. The Hall–Kier alpha value is -2.54. The first-order valence-electron chi connectivity index (χ1n) is 5.57. The number of methoxy groups -OCH3 is 1. The molecule has 0 spiro atoms. The highest BCUT2D eigenvalue weighted by Gasteiger charge is 2.19. The Morgan fingerprint density at radius 1 is 1.43 bits per heavy atom. The molecule has 0 aliphatic heterocycles. The predicted octanol–water partition coefficient (Wildman–Crippen LogP) is 2.46. The van der Waals surface area contributed by atoms with Crippen LogP contribution < -0.4 is 4.74 Å². The Morgan fingerprint density at radius 2 is 2.14 bits per heavy atom. The molecule has 0 bridgehead atoms. The summed E-state index contributed by atoms with van der Waals surface area (Å²) in [5.41, 5.74) is -0.719. The van der Waals surface area contributed by atoms with Crippen molar-refractivity contribution >= 4 is 23.9 Å². The standard InChI is InChI=1S/C13H8ClFN2O4/c1-21-11-8(14)3-2-7(10(11)15)12-16-6(5-18)4-9(17-12)13(19)20/h2-5H,1H3,(H,19,20). The van der Waals surface area contributed by atoms with Crippen molar-refractivity contribution in [1.29, 1.82) is 0 Å². The van der Waals surface area contributed by atoms with E-state index in [1.807, 2.05) is 0 Å². The first kappa shape index (κ1) is 14.9. The molecule has 0 aliphatic carbocycles. The quantitative estimate of drug-likeness (QED) is 0.872. The summed E-state index contributed by atoms with van der Waals surface area (Å²) in [7, 11) is 1.24. The second kappa shape index (κ2) is 5.84. The van der Waals surface area contributed by atoms with Crippen LogP contribution in [0.2, 0.25) is 5.02 Å². The Bertz CT molecular complexity index is 736. The van der Waals surface area contributed by atoms with E-state index in [0.717, 1.165) is 6.07 Å². The van der Waals surface area contributed by atoms with Gasteiger partial charge in [-0.05, 0) is 12.1 Å². The Balaban J connectivity index is 2.69. The van der Waals surface area contributed by atoms with Gasteiger partial charge in [0.25, 0.3) is 0 Å². The number of carboxylic acid groups (broad SMARTS) is 1. The van der Waals surface area contributed by atoms with Crippen LogP contribution in [0.4, 0.5) is 4.39 Å². The molecule has 2 rings (SSSR count). The van der Waals surface area contributed by atoms with Gasteiger partial charge in [-0.15, -0.1) is 0 Å². The lowest BCUT2D eigenvalue weighted by atomic mass is 10.1. The van der Waals surface area contributed by atoms with E-state index >= 15 is 0 Å². The van der Waals surface area contributed by atoms with E-state index in [2.05, 4.69) is 9.97 Å².